The maximum absolute atomic E-state index is 13.9. The van der Waals surface area contributed by atoms with E-state index in [1.807, 2.05) is 0 Å². The Morgan fingerprint density at radius 2 is 1.91 bits per heavy atom. The average molecular weight is 478 g/mol. The van der Waals surface area contributed by atoms with E-state index >= 15 is 0 Å². The number of nitrogens with zero attached hydrogens (tertiary/aromatic N) is 6. The summed E-state index contributed by atoms with van der Waals surface area (Å²) in [5.74, 6) is -2.95. The summed E-state index contributed by atoms with van der Waals surface area (Å²) in [5, 5.41) is 19.9. The molecule has 3 heterocycles. The van der Waals surface area contributed by atoms with Crippen molar-refractivity contribution in [2.75, 3.05) is 6.61 Å². The summed E-state index contributed by atoms with van der Waals surface area (Å²) in [5.41, 5.74) is 0.484. The first-order valence-corrected chi connectivity index (χ1v) is 10.0. The maximum atomic E-state index is 13.9. The molecule has 0 spiro atoms. The van der Waals surface area contributed by atoms with E-state index in [1.54, 1.807) is 19.2 Å². The minimum absolute atomic E-state index is 0.0873. The highest BCUT2D eigenvalue weighted by Gasteiger charge is 2.26. The van der Waals surface area contributed by atoms with Crippen LogP contribution in [0.15, 0.2) is 36.5 Å². The topological polar surface area (TPSA) is 107 Å². The number of fused-ring (bicyclic) bond motifs is 1. The lowest BCUT2D eigenvalue weighted by Crippen LogP contribution is -2.15. The van der Waals surface area contributed by atoms with Gasteiger partial charge >= 0.3 is 6.55 Å². The average Bonchev–Trinajstić information content (AvgIpc) is 3.42. The number of ether oxygens (including phenoxy) is 1. The van der Waals surface area contributed by atoms with Gasteiger partial charge in [-0.3, -0.25) is 9.20 Å². The van der Waals surface area contributed by atoms with E-state index in [0.29, 0.717) is 5.69 Å². The Bertz CT molecular complexity index is 1320. The molecule has 0 saturated carbocycles. The van der Waals surface area contributed by atoms with Crippen molar-refractivity contribution < 1.29 is 32.2 Å². The second-order valence-corrected chi connectivity index (χ2v) is 7.35. The first-order valence-electron chi connectivity index (χ1n) is 10.0. The number of aromatic nitrogens is 6. The third-order valence-electron chi connectivity index (χ3n) is 5.12. The molecule has 3 aromatic heterocycles. The highest BCUT2D eigenvalue weighted by molar-refractivity contribution is 5.97. The summed E-state index contributed by atoms with van der Waals surface area (Å²) in [4.78, 5) is 17.5. The summed E-state index contributed by atoms with van der Waals surface area (Å²) in [7, 11) is 0. The minimum Gasteiger partial charge on any atom is -0.485 e. The number of imidazole rings is 1. The number of pyridine rings is 1. The predicted molar refractivity (Wildman–Crippen MR) is 108 cm³/mol. The number of Topliss-reactive ketones (excluding diaryl/α,β-unsaturated/α-hetero) is 1. The number of aliphatic hydroxyl groups is 1. The molecule has 4 aromatic rings. The zero-order chi connectivity index (χ0) is 24.4. The molecule has 1 aromatic carbocycles. The minimum atomic E-state index is -3.01. The SMILES string of the molecule is Cc1nc2c(OCc3c(F)cccc3F)cccn2c1C(=O)C[C@@H](CO)c1nnn(C(F)F)n1. The van der Waals surface area contributed by atoms with Gasteiger partial charge in [-0.2, -0.15) is 8.78 Å². The number of hydrogen-bond acceptors (Lipinski definition) is 7. The molecule has 0 bridgehead atoms. The first-order chi connectivity index (χ1) is 16.3. The van der Waals surface area contributed by atoms with Gasteiger partial charge in [0.15, 0.2) is 23.0 Å². The second kappa shape index (κ2) is 9.55. The Morgan fingerprint density at radius 3 is 2.56 bits per heavy atom. The van der Waals surface area contributed by atoms with Crippen LogP contribution in [-0.4, -0.2) is 47.1 Å². The van der Waals surface area contributed by atoms with E-state index < -0.39 is 43.1 Å². The number of aryl methyl sites for hydroxylation is 1. The Balaban J connectivity index is 1.59. The molecule has 0 amide bonds. The normalized spacial score (nSPS) is 12.4. The number of carbonyl (C=O) groups excluding carboxylic acids is 1. The molecular formula is C21H18F4N6O3. The Hall–Kier alpha value is -3.87. The fraction of sp³-hybridized carbons (Fsp3) is 0.286. The van der Waals surface area contributed by atoms with Crippen LogP contribution in [0.2, 0.25) is 0 Å². The highest BCUT2D eigenvalue weighted by atomic mass is 19.3. The number of benzene rings is 1. The molecule has 4 rings (SSSR count). The van der Waals surface area contributed by atoms with E-state index in [1.165, 1.54) is 16.5 Å². The first kappa shape index (κ1) is 23.3. The second-order valence-electron chi connectivity index (χ2n) is 7.35. The van der Waals surface area contributed by atoms with Crippen LogP contribution in [0, 0.1) is 18.6 Å². The van der Waals surface area contributed by atoms with Crippen molar-refractivity contribution in [1.29, 1.82) is 0 Å². The van der Waals surface area contributed by atoms with Crippen molar-refractivity contribution in [1.82, 2.24) is 29.6 Å². The Kier molecular flexibility index (Phi) is 6.54. The fourth-order valence-electron chi connectivity index (χ4n) is 3.47. The number of tetrazole rings is 1. The van der Waals surface area contributed by atoms with Gasteiger partial charge in [0.25, 0.3) is 0 Å². The summed E-state index contributed by atoms with van der Waals surface area (Å²) >= 11 is 0. The van der Waals surface area contributed by atoms with Gasteiger partial charge in [-0.05, 0) is 36.4 Å². The highest BCUT2D eigenvalue weighted by Crippen LogP contribution is 2.26. The number of aliphatic hydroxyl groups excluding tert-OH is 1. The zero-order valence-electron chi connectivity index (χ0n) is 17.7. The van der Waals surface area contributed by atoms with Crippen LogP contribution < -0.4 is 4.74 Å². The van der Waals surface area contributed by atoms with Gasteiger partial charge < -0.3 is 9.84 Å². The van der Waals surface area contributed by atoms with E-state index in [4.69, 9.17) is 4.74 Å². The number of halogens is 4. The maximum Gasteiger partial charge on any atom is 0.350 e. The van der Waals surface area contributed by atoms with Crippen molar-refractivity contribution in [3.05, 3.63) is 70.9 Å². The Morgan fingerprint density at radius 1 is 1.18 bits per heavy atom. The predicted octanol–water partition coefficient (Wildman–Crippen LogP) is 3.23. The summed E-state index contributed by atoms with van der Waals surface area (Å²) in [6.07, 6.45) is 1.25. The standard InChI is InChI=1S/C21H18F4N6O3/c1-11-18(16(33)8-12(9-32)19-27-29-31(28-19)21(24)25)30-7-3-6-17(20(30)26-11)34-10-13-14(22)4-2-5-15(13)23/h2-7,12,21,32H,8-10H2,1H3/t12-/m0/s1. The molecule has 1 N–H and O–H groups in total. The summed E-state index contributed by atoms with van der Waals surface area (Å²) in [6.45, 7) is -2.39. The number of alkyl halides is 2. The summed E-state index contributed by atoms with van der Waals surface area (Å²) in [6, 6.07) is 6.58. The number of ketones is 1. The van der Waals surface area contributed by atoms with Gasteiger partial charge in [0, 0.05) is 12.6 Å². The van der Waals surface area contributed by atoms with Crippen LogP contribution in [0.1, 0.15) is 46.5 Å². The zero-order valence-corrected chi connectivity index (χ0v) is 17.7. The van der Waals surface area contributed by atoms with Crippen LogP contribution in [0.4, 0.5) is 17.6 Å². The third-order valence-corrected chi connectivity index (χ3v) is 5.12. The smallest absolute Gasteiger partial charge is 0.350 e. The van der Waals surface area contributed by atoms with Crippen LogP contribution in [0.25, 0.3) is 5.65 Å². The van der Waals surface area contributed by atoms with Crippen LogP contribution in [-0.2, 0) is 6.61 Å². The lowest BCUT2D eigenvalue weighted by atomic mass is 10.0. The van der Waals surface area contributed by atoms with E-state index in [-0.39, 0.29) is 39.7 Å². The van der Waals surface area contributed by atoms with Crippen molar-refractivity contribution in [3.8, 4) is 5.75 Å². The van der Waals surface area contributed by atoms with Crippen LogP contribution in [0.5, 0.6) is 5.75 Å². The van der Waals surface area contributed by atoms with Crippen LogP contribution >= 0.6 is 0 Å². The van der Waals surface area contributed by atoms with Crippen molar-refractivity contribution in [2.24, 2.45) is 0 Å². The quantitative estimate of drug-likeness (QED) is 0.291. The number of rotatable bonds is 9. The van der Waals surface area contributed by atoms with Crippen molar-refractivity contribution in [3.63, 3.8) is 0 Å². The number of carbonyl (C=O) groups is 1. The Labute approximate surface area is 189 Å². The van der Waals surface area contributed by atoms with Gasteiger partial charge in [0.1, 0.15) is 23.9 Å². The third kappa shape index (κ3) is 4.46. The molecule has 0 aliphatic rings. The molecule has 0 unspecified atom stereocenters. The molecule has 9 nitrogen and oxygen atoms in total. The molecule has 0 aliphatic carbocycles. The van der Waals surface area contributed by atoms with Gasteiger partial charge in [-0.1, -0.05) is 10.9 Å². The van der Waals surface area contributed by atoms with Gasteiger partial charge in [0.05, 0.1) is 23.8 Å². The van der Waals surface area contributed by atoms with Gasteiger partial charge in [0.2, 0.25) is 0 Å². The van der Waals surface area contributed by atoms with Crippen LogP contribution in [0.3, 0.4) is 0 Å². The molecular weight excluding hydrogens is 460 g/mol. The van der Waals surface area contributed by atoms with E-state index in [9.17, 15) is 27.5 Å². The van der Waals surface area contributed by atoms with Crippen molar-refractivity contribution in [2.45, 2.75) is 32.4 Å². The fourth-order valence-corrected chi connectivity index (χ4v) is 3.47. The molecule has 0 aliphatic heterocycles. The van der Waals surface area contributed by atoms with E-state index in [2.05, 4.69) is 20.4 Å². The number of hydrogen-bond donors (Lipinski definition) is 1. The monoisotopic (exact) mass is 478 g/mol. The molecule has 0 fully saturated rings. The largest absolute Gasteiger partial charge is 0.485 e. The van der Waals surface area contributed by atoms with Gasteiger partial charge in [-0.25, -0.2) is 13.8 Å². The molecule has 1 atom stereocenters. The van der Waals surface area contributed by atoms with E-state index in [0.717, 1.165) is 12.1 Å². The lowest BCUT2D eigenvalue weighted by molar-refractivity contribution is 0.0392. The molecule has 0 radical (unpaired) electrons. The summed E-state index contributed by atoms with van der Waals surface area (Å²) < 4.78 is 60.3. The molecule has 0 saturated heterocycles. The molecule has 34 heavy (non-hydrogen) atoms. The van der Waals surface area contributed by atoms with Crippen molar-refractivity contribution >= 4 is 11.4 Å². The molecule has 178 valence electrons. The molecule has 13 heteroatoms. The lowest BCUT2D eigenvalue weighted by Gasteiger charge is -2.11. The van der Waals surface area contributed by atoms with Gasteiger partial charge in [-0.15, -0.1) is 10.2 Å².